The summed E-state index contributed by atoms with van der Waals surface area (Å²) in [6.45, 7) is 13.7. The summed E-state index contributed by atoms with van der Waals surface area (Å²) < 4.78 is 0. The number of allylic oxidation sites excluding steroid dienone is 5. The van der Waals surface area contributed by atoms with Crippen molar-refractivity contribution in [2.75, 3.05) is 0 Å². The van der Waals surface area contributed by atoms with Crippen LogP contribution in [0.3, 0.4) is 0 Å². The van der Waals surface area contributed by atoms with Gasteiger partial charge in [-0.05, 0) is 81.7 Å². The van der Waals surface area contributed by atoms with Gasteiger partial charge in [-0.1, -0.05) is 95.7 Å². The zero-order chi connectivity index (χ0) is 21.5. The largest absolute Gasteiger partial charge is 0.0764 e. The van der Waals surface area contributed by atoms with Crippen molar-refractivity contribution in [3.63, 3.8) is 0 Å². The molecule has 0 aromatic heterocycles. The van der Waals surface area contributed by atoms with Crippen LogP contribution in [0.25, 0.3) is 17.2 Å². The topological polar surface area (TPSA) is 0 Å². The molecule has 156 valence electrons. The number of benzene rings is 2. The van der Waals surface area contributed by atoms with E-state index in [1.807, 2.05) is 0 Å². The second-order valence-corrected chi connectivity index (χ2v) is 10.6. The van der Waals surface area contributed by atoms with Gasteiger partial charge in [0.25, 0.3) is 0 Å². The summed E-state index contributed by atoms with van der Waals surface area (Å²) in [6.07, 6.45) is 13.1. The second kappa shape index (κ2) is 8.06. The highest BCUT2D eigenvalue weighted by Crippen LogP contribution is 2.39. The molecule has 0 amide bonds. The van der Waals surface area contributed by atoms with Crippen LogP contribution in [0.4, 0.5) is 0 Å². The van der Waals surface area contributed by atoms with Crippen LogP contribution in [-0.4, -0.2) is 0 Å². The Kier molecular flexibility index (Phi) is 5.62. The summed E-state index contributed by atoms with van der Waals surface area (Å²) in [6, 6.07) is 14.1. The molecule has 0 aliphatic heterocycles. The first-order valence-corrected chi connectivity index (χ1v) is 11.6. The lowest BCUT2D eigenvalue weighted by molar-refractivity contribution is 0.536. The molecule has 2 aromatic carbocycles. The first kappa shape index (κ1) is 20.9. The van der Waals surface area contributed by atoms with Gasteiger partial charge in [-0.3, -0.25) is 0 Å². The molecule has 30 heavy (non-hydrogen) atoms. The van der Waals surface area contributed by atoms with Crippen LogP contribution in [0.1, 0.15) is 93.2 Å². The molecule has 1 unspecified atom stereocenters. The van der Waals surface area contributed by atoms with Crippen molar-refractivity contribution in [2.45, 2.75) is 72.1 Å². The minimum atomic E-state index is 0.193. The first-order valence-electron chi connectivity index (χ1n) is 11.6. The fraction of sp³-hybridized carbons (Fsp3) is 0.400. The van der Waals surface area contributed by atoms with Crippen LogP contribution in [0.2, 0.25) is 0 Å². The van der Waals surface area contributed by atoms with E-state index in [9.17, 15) is 0 Å². The molecular weight excluding hydrogens is 360 g/mol. The standard InChI is InChI=1S/C30H36/c1-20(2)7-8-22-9-12-27-19-26(13-15-28(22)27)25-11-10-24(18-25)23-14-16-29(21(3)17-23)30(4,5)6/h9-10,12-20,22H,7-8,11H2,1-6H3. The molecule has 0 N–H and O–H groups in total. The molecule has 1 atom stereocenters. The highest BCUT2D eigenvalue weighted by atomic mass is 14.2. The van der Waals surface area contributed by atoms with Gasteiger partial charge in [0.15, 0.2) is 0 Å². The molecule has 4 rings (SSSR count). The summed E-state index contributed by atoms with van der Waals surface area (Å²) >= 11 is 0. The summed E-state index contributed by atoms with van der Waals surface area (Å²) in [7, 11) is 0. The van der Waals surface area contributed by atoms with Crippen molar-refractivity contribution in [3.8, 4) is 0 Å². The normalized spacial score (nSPS) is 18.0. The minimum Gasteiger partial charge on any atom is -0.0764 e. The van der Waals surface area contributed by atoms with E-state index in [0.29, 0.717) is 5.92 Å². The summed E-state index contributed by atoms with van der Waals surface area (Å²) in [5, 5.41) is 0. The van der Waals surface area contributed by atoms with Crippen LogP contribution in [0.5, 0.6) is 0 Å². The Hall–Kier alpha value is -2.34. The summed E-state index contributed by atoms with van der Waals surface area (Å²) in [5.74, 6) is 1.38. The molecule has 0 saturated heterocycles. The monoisotopic (exact) mass is 396 g/mol. The quantitative estimate of drug-likeness (QED) is 0.474. The van der Waals surface area contributed by atoms with E-state index in [0.717, 1.165) is 12.3 Å². The van der Waals surface area contributed by atoms with E-state index >= 15 is 0 Å². The summed E-state index contributed by atoms with van der Waals surface area (Å²) in [5.41, 5.74) is 11.5. The lowest BCUT2D eigenvalue weighted by Crippen LogP contribution is -2.13. The zero-order valence-electron chi connectivity index (χ0n) is 19.5. The lowest BCUT2D eigenvalue weighted by atomic mass is 9.83. The predicted octanol–water partition coefficient (Wildman–Crippen LogP) is 8.71. The van der Waals surface area contributed by atoms with Crippen molar-refractivity contribution < 1.29 is 0 Å². The SMILES string of the molecule is Cc1cc(C2=CCC(c3ccc4c(c3)C=CC4CCC(C)C)=C2)ccc1C(C)(C)C. The second-order valence-electron chi connectivity index (χ2n) is 10.6. The molecule has 2 aromatic rings. The van der Waals surface area contributed by atoms with E-state index in [1.54, 1.807) is 0 Å². The molecule has 2 aliphatic carbocycles. The Morgan fingerprint density at radius 1 is 1.00 bits per heavy atom. The van der Waals surface area contributed by atoms with Crippen LogP contribution < -0.4 is 0 Å². The zero-order valence-corrected chi connectivity index (χ0v) is 19.5. The van der Waals surface area contributed by atoms with Gasteiger partial charge in [0.1, 0.15) is 0 Å². The van der Waals surface area contributed by atoms with E-state index in [2.05, 4.69) is 102 Å². The maximum atomic E-state index is 2.41. The van der Waals surface area contributed by atoms with E-state index in [4.69, 9.17) is 0 Å². The molecule has 0 fully saturated rings. The van der Waals surface area contributed by atoms with Crippen molar-refractivity contribution in [1.29, 1.82) is 0 Å². The van der Waals surface area contributed by atoms with Crippen LogP contribution in [-0.2, 0) is 5.41 Å². The third-order valence-corrected chi connectivity index (χ3v) is 6.66. The van der Waals surface area contributed by atoms with Gasteiger partial charge in [0.2, 0.25) is 0 Å². The third-order valence-electron chi connectivity index (χ3n) is 6.66. The minimum absolute atomic E-state index is 0.193. The summed E-state index contributed by atoms with van der Waals surface area (Å²) in [4.78, 5) is 0. The fourth-order valence-electron chi connectivity index (χ4n) is 4.96. The smallest absolute Gasteiger partial charge is 0.00273 e. The molecule has 0 heterocycles. The Balaban J connectivity index is 1.53. The molecule has 0 saturated carbocycles. The van der Waals surface area contributed by atoms with Gasteiger partial charge in [-0.2, -0.15) is 0 Å². The highest BCUT2D eigenvalue weighted by Gasteiger charge is 2.20. The van der Waals surface area contributed by atoms with Gasteiger partial charge < -0.3 is 0 Å². The van der Waals surface area contributed by atoms with Gasteiger partial charge in [0, 0.05) is 5.92 Å². The van der Waals surface area contributed by atoms with Crippen molar-refractivity contribution >= 4 is 17.2 Å². The Labute approximate surface area is 183 Å². The Morgan fingerprint density at radius 3 is 2.47 bits per heavy atom. The van der Waals surface area contributed by atoms with Gasteiger partial charge in [0.05, 0.1) is 0 Å². The lowest BCUT2D eigenvalue weighted by Gasteiger charge is -2.22. The van der Waals surface area contributed by atoms with E-state index in [-0.39, 0.29) is 5.41 Å². The highest BCUT2D eigenvalue weighted by molar-refractivity contribution is 5.90. The molecule has 2 aliphatic rings. The van der Waals surface area contributed by atoms with Gasteiger partial charge in [-0.25, -0.2) is 0 Å². The molecule has 0 heteroatoms. The molecule has 0 bridgehead atoms. The van der Waals surface area contributed by atoms with Crippen molar-refractivity contribution in [3.05, 3.63) is 88.0 Å². The van der Waals surface area contributed by atoms with Crippen LogP contribution >= 0.6 is 0 Å². The molecule has 0 radical (unpaired) electrons. The fourth-order valence-corrected chi connectivity index (χ4v) is 4.96. The molecule has 0 spiro atoms. The Morgan fingerprint density at radius 2 is 1.77 bits per heavy atom. The van der Waals surface area contributed by atoms with Crippen molar-refractivity contribution in [1.82, 2.24) is 0 Å². The third kappa shape index (κ3) is 4.24. The maximum Gasteiger partial charge on any atom is 0.00273 e. The van der Waals surface area contributed by atoms with Crippen LogP contribution in [0.15, 0.2) is 54.6 Å². The number of fused-ring (bicyclic) bond motifs is 1. The van der Waals surface area contributed by atoms with Gasteiger partial charge in [-0.15, -0.1) is 0 Å². The predicted molar refractivity (Wildman–Crippen MR) is 133 cm³/mol. The number of rotatable bonds is 5. The molecular formula is C30H36. The average Bonchev–Trinajstić information content (AvgIpc) is 3.32. The maximum absolute atomic E-state index is 2.41. The first-order chi connectivity index (χ1) is 14.2. The number of aryl methyl sites for hydroxylation is 1. The van der Waals surface area contributed by atoms with E-state index in [1.165, 1.54) is 57.4 Å². The number of hydrogen-bond donors (Lipinski definition) is 0. The van der Waals surface area contributed by atoms with Crippen molar-refractivity contribution in [2.24, 2.45) is 5.92 Å². The van der Waals surface area contributed by atoms with Gasteiger partial charge >= 0.3 is 0 Å². The molecule has 0 nitrogen and oxygen atoms in total. The van der Waals surface area contributed by atoms with E-state index < -0.39 is 0 Å². The Bertz CT molecular complexity index is 1030. The average molecular weight is 397 g/mol. The van der Waals surface area contributed by atoms with Crippen LogP contribution in [0, 0.1) is 12.8 Å². The number of hydrogen-bond acceptors (Lipinski definition) is 0.